The molecule has 1 amide bonds. The van der Waals surface area contributed by atoms with Crippen molar-refractivity contribution in [3.63, 3.8) is 0 Å². The van der Waals surface area contributed by atoms with Crippen molar-refractivity contribution in [1.29, 1.82) is 0 Å². The minimum atomic E-state index is -0.443. The number of methoxy groups -OCH3 is 1. The van der Waals surface area contributed by atoms with Gasteiger partial charge in [-0.3, -0.25) is 4.79 Å². The van der Waals surface area contributed by atoms with Gasteiger partial charge in [-0.15, -0.1) is 0 Å². The lowest BCUT2D eigenvalue weighted by Gasteiger charge is -2.16. The number of rotatable bonds is 8. The van der Waals surface area contributed by atoms with E-state index in [4.69, 9.17) is 16.3 Å². The highest BCUT2D eigenvalue weighted by Crippen LogP contribution is 2.21. The van der Waals surface area contributed by atoms with Crippen LogP contribution in [0.25, 0.3) is 0 Å². The Bertz CT molecular complexity index is 793. The molecule has 1 atom stereocenters. The molecule has 2 aromatic carbocycles. The largest absolute Gasteiger partial charge is 0.482 e. The van der Waals surface area contributed by atoms with E-state index < -0.39 is 5.97 Å². The van der Waals surface area contributed by atoms with Crippen LogP contribution < -0.4 is 15.4 Å². The zero-order valence-electron chi connectivity index (χ0n) is 15.5. The number of ether oxygens (including phenoxy) is 2. The SMILES string of the molecule is COC(=O)COc1ccc(NCC(=O)NC(C)c2ccc(Cl)cc2)c(C)c1. The van der Waals surface area contributed by atoms with Crippen LogP contribution in [0.1, 0.15) is 24.1 Å². The zero-order valence-corrected chi connectivity index (χ0v) is 16.3. The number of halogens is 1. The van der Waals surface area contributed by atoms with Crippen molar-refractivity contribution >= 4 is 29.2 Å². The number of hydrogen-bond acceptors (Lipinski definition) is 5. The summed E-state index contributed by atoms with van der Waals surface area (Å²) in [5, 5.41) is 6.70. The first-order chi connectivity index (χ1) is 12.9. The Hall–Kier alpha value is -2.73. The van der Waals surface area contributed by atoms with E-state index in [0.717, 1.165) is 16.8 Å². The van der Waals surface area contributed by atoms with E-state index in [-0.39, 0.29) is 25.1 Å². The van der Waals surface area contributed by atoms with Crippen LogP contribution in [0, 0.1) is 6.92 Å². The molecule has 144 valence electrons. The molecule has 0 heterocycles. The maximum Gasteiger partial charge on any atom is 0.343 e. The molecule has 0 saturated heterocycles. The number of carbonyl (C=O) groups is 2. The standard InChI is InChI=1S/C20H23ClN2O4/c1-13-10-17(27-12-20(25)26-3)8-9-18(13)22-11-19(24)23-14(2)15-4-6-16(21)7-5-15/h4-10,14,22H,11-12H2,1-3H3,(H,23,24). The molecule has 0 aliphatic heterocycles. The predicted molar refractivity (Wildman–Crippen MR) is 105 cm³/mol. The quantitative estimate of drug-likeness (QED) is 0.675. The summed E-state index contributed by atoms with van der Waals surface area (Å²) in [5.74, 6) is -0.00605. The summed E-state index contributed by atoms with van der Waals surface area (Å²) in [6.07, 6.45) is 0. The maximum atomic E-state index is 12.2. The molecule has 0 aliphatic rings. The van der Waals surface area contributed by atoms with Gasteiger partial charge in [-0.1, -0.05) is 23.7 Å². The van der Waals surface area contributed by atoms with Crippen molar-refractivity contribution < 1.29 is 19.1 Å². The Morgan fingerprint density at radius 1 is 1.15 bits per heavy atom. The highest BCUT2D eigenvalue weighted by atomic mass is 35.5. The second-order valence-electron chi connectivity index (χ2n) is 6.04. The number of benzene rings is 2. The van der Waals surface area contributed by atoms with E-state index in [1.165, 1.54) is 7.11 Å². The second kappa shape index (κ2) is 9.83. The highest BCUT2D eigenvalue weighted by Gasteiger charge is 2.10. The molecule has 2 aromatic rings. The first kappa shape index (κ1) is 20.6. The summed E-state index contributed by atoms with van der Waals surface area (Å²) in [6.45, 7) is 3.80. The fraction of sp³-hybridized carbons (Fsp3) is 0.300. The fourth-order valence-corrected chi connectivity index (χ4v) is 2.55. The van der Waals surface area contributed by atoms with E-state index in [1.54, 1.807) is 30.3 Å². The van der Waals surface area contributed by atoms with Gasteiger partial charge in [-0.05, 0) is 55.3 Å². The monoisotopic (exact) mass is 390 g/mol. The second-order valence-corrected chi connectivity index (χ2v) is 6.47. The minimum absolute atomic E-state index is 0.119. The predicted octanol–water partition coefficient (Wildman–Crippen LogP) is 3.49. The minimum Gasteiger partial charge on any atom is -0.482 e. The van der Waals surface area contributed by atoms with Crippen LogP contribution in [0.3, 0.4) is 0 Å². The highest BCUT2D eigenvalue weighted by molar-refractivity contribution is 6.30. The van der Waals surface area contributed by atoms with E-state index in [1.807, 2.05) is 26.0 Å². The average Bonchev–Trinajstić information content (AvgIpc) is 2.65. The van der Waals surface area contributed by atoms with Gasteiger partial charge in [-0.25, -0.2) is 4.79 Å². The normalized spacial score (nSPS) is 11.4. The van der Waals surface area contributed by atoms with Gasteiger partial charge in [0.2, 0.25) is 5.91 Å². The van der Waals surface area contributed by atoms with E-state index in [0.29, 0.717) is 10.8 Å². The molecule has 0 fully saturated rings. The molecular formula is C20H23ClN2O4. The van der Waals surface area contributed by atoms with Crippen LogP contribution in [0.2, 0.25) is 5.02 Å². The topological polar surface area (TPSA) is 76.7 Å². The Balaban J connectivity index is 1.85. The maximum absolute atomic E-state index is 12.2. The van der Waals surface area contributed by atoms with Gasteiger partial charge < -0.3 is 20.1 Å². The Morgan fingerprint density at radius 3 is 2.48 bits per heavy atom. The van der Waals surface area contributed by atoms with Crippen LogP contribution in [0.15, 0.2) is 42.5 Å². The van der Waals surface area contributed by atoms with Crippen molar-refractivity contribution in [3.8, 4) is 5.75 Å². The fourth-order valence-electron chi connectivity index (χ4n) is 2.43. The Labute approximate surface area is 163 Å². The lowest BCUT2D eigenvalue weighted by atomic mass is 10.1. The summed E-state index contributed by atoms with van der Waals surface area (Å²) in [6, 6.07) is 12.6. The van der Waals surface area contributed by atoms with Gasteiger partial charge in [0.15, 0.2) is 6.61 Å². The molecule has 2 N–H and O–H groups in total. The van der Waals surface area contributed by atoms with E-state index in [2.05, 4.69) is 15.4 Å². The lowest BCUT2D eigenvalue weighted by molar-refractivity contribution is -0.142. The molecule has 0 bridgehead atoms. The zero-order chi connectivity index (χ0) is 19.8. The van der Waals surface area contributed by atoms with Crippen LogP contribution in [0.4, 0.5) is 5.69 Å². The summed E-state index contributed by atoms with van der Waals surface area (Å²) < 4.78 is 9.87. The van der Waals surface area contributed by atoms with Gasteiger partial charge >= 0.3 is 5.97 Å². The molecule has 0 spiro atoms. The summed E-state index contributed by atoms with van der Waals surface area (Å²) >= 11 is 5.88. The van der Waals surface area contributed by atoms with Crippen molar-refractivity contribution in [2.45, 2.75) is 19.9 Å². The Morgan fingerprint density at radius 2 is 1.85 bits per heavy atom. The smallest absolute Gasteiger partial charge is 0.343 e. The summed E-state index contributed by atoms with van der Waals surface area (Å²) in [4.78, 5) is 23.3. The van der Waals surface area contributed by atoms with Crippen molar-refractivity contribution in [3.05, 3.63) is 58.6 Å². The molecule has 27 heavy (non-hydrogen) atoms. The number of amides is 1. The summed E-state index contributed by atoms with van der Waals surface area (Å²) in [5.41, 5.74) is 2.70. The van der Waals surface area contributed by atoms with Gasteiger partial charge in [0, 0.05) is 10.7 Å². The first-order valence-corrected chi connectivity index (χ1v) is 8.86. The van der Waals surface area contributed by atoms with Crippen molar-refractivity contribution in [2.24, 2.45) is 0 Å². The van der Waals surface area contributed by atoms with E-state index >= 15 is 0 Å². The summed E-state index contributed by atoms with van der Waals surface area (Å²) in [7, 11) is 1.31. The molecule has 0 aliphatic carbocycles. The Kier molecular flexibility index (Phi) is 7.49. The molecule has 0 aromatic heterocycles. The number of anilines is 1. The first-order valence-electron chi connectivity index (χ1n) is 8.48. The molecule has 0 radical (unpaired) electrons. The van der Waals surface area contributed by atoms with Crippen LogP contribution in [0.5, 0.6) is 5.75 Å². The third-order valence-corrected chi connectivity index (χ3v) is 4.22. The number of nitrogens with one attached hydrogen (secondary N) is 2. The third-order valence-electron chi connectivity index (χ3n) is 3.97. The van der Waals surface area contributed by atoms with Crippen molar-refractivity contribution in [1.82, 2.24) is 5.32 Å². The number of aryl methyl sites for hydroxylation is 1. The molecule has 0 saturated carbocycles. The molecular weight excluding hydrogens is 368 g/mol. The number of esters is 1. The van der Waals surface area contributed by atoms with Crippen LogP contribution >= 0.6 is 11.6 Å². The lowest BCUT2D eigenvalue weighted by Crippen LogP contribution is -2.32. The molecule has 6 nitrogen and oxygen atoms in total. The average molecular weight is 391 g/mol. The third kappa shape index (κ3) is 6.49. The number of hydrogen-bond donors (Lipinski definition) is 2. The molecule has 1 unspecified atom stereocenters. The molecule has 2 rings (SSSR count). The number of carbonyl (C=O) groups excluding carboxylic acids is 2. The van der Waals surface area contributed by atoms with E-state index in [9.17, 15) is 9.59 Å². The van der Waals surface area contributed by atoms with Gasteiger partial charge in [0.1, 0.15) is 5.75 Å². The van der Waals surface area contributed by atoms with Crippen LogP contribution in [-0.2, 0) is 14.3 Å². The van der Waals surface area contributed by atoms with Gasteiger partial charge in [0.05, 0.1) is 19.7 Å². The van der Waals surface area contributed by atoms with Gasteiger partial charge in [-0.2, -0.15) is 0 Å². The van der Waals surface area contributed by atoms with Gasteiger partial charge in [0.25, 0.3) is 0 Å². The van der Waals surface area contributed by atoms with Crippen LogP contribution in [-0.4, -0.2) is 32.1 Å². The van der Waals surface area contributed by atoms with Crippen molar-refractivity contribution in [2.75, 3.05) is 25.6 Å². The molecule has 7 heteroatoms.